The summed E-state index contributed by atoms with van der Waals surface area (Å²) in [5.41, 5.74) is 3.39. The first-order valence-corrected chi connectivity index (χ1v) is 8.49. The number of imide groups is 1. The zero-order valence-electron chi connectivity index (χ0n) is 16.4. The van der Waals surface area contributed by atoms with E-state index in [-0.39, 0.29) is 23.6 Å². The second-order valence-electron chi connectivity index (χ2n) is 6.76. The van der Waals surface area contributed by atoms with Gasteiger partial charge in [-0.15, -0.1) is 0 Å². The van der Waals surface area contributed by atoms with Gasteiger partial charge in [-0.3, -0.25) is 19.3 Å². The zero-order valence-corrected chi connectivity index (χ0v) is 16.4. The van der Waals surface area contributed by atoms with E-state index in [0.29, 0.717) is 22.3 Å². The van der Waals surface area contributed by atoms with E-state index < -0.39 is 6.23 Å². The predicted molar refractivity (Wildman–Crippen MR) is 98.8 cm³/mol. The number of rotatable bonds is 3. The molecule has 0 aromatic carbocycles. The molecule has 0 aromatic heterocycles. The number of ether oxygens (including phenoxy) is 1. The third-order valence-corrected chi connectivity index (χ3v) is 5.37. The predicted octanol–water partition coefficient (Wildman–Crippen LogP) is 2.20. The summed E-state index contributed by atoms with van der Waals surface area (Å²) in [6, 6.07) is 0. The summed E-state index contributed by atoms with van der Waals surface area (Å²) in [5.74, 6) is -0.738. The lowest BCUT2D eigenvalue weighted by Gasteiger charge is -2.37. The Morgan fingerprint density at radius 3 is 2.08 bits per heavy atom. The standard InChI is InChI=1S/C20H26N2O4/c1-11-13(3)17(23)21(5)19(25)15(11)9-8-10-16-12(2)14(4)18(24)22(6)20(16)26-7/h8-10,16,20H,1-7H3/b10-8+,15-9?. The van der Waals surface area contributed by atoms with Crippen molar-refractivity contribution in [2.75, 3.05) is 21.2 Å². The van der Waals surface area contributed by atoms with Crippen LogP contribution in [0.2, 0.25) is 0 Å². The summed E-state index contributed by atoms with van der Waals surface area (Å²) >= 11 is 0. The van der Waals surface area contributed by atoms with Crippen molar-refractivity contribution in [2.24, 2.45) is 5.92 Å². The van der Waals surface area contributed by atoms with Crippen molar-refractivity contribution in [1.82, 2.24) is 9.80 Å². The van der Waals surface area contributed by atoms with Gasteiger partial charge in [0.25, 0.3) is 17.7 Å². The van der Waals surface area contributed by atoms with E-state index in [1.807, 2.05) is 13.0 Å². The first-order chi connectivity index (χ1) is 12.1. The second kappa shape index (κ2) is 7.41. The largest absolute Gasteiger partial charge is 0.361 e. The van der Waals surface area contributed by atoms with Crippen molar-refractivity contribution in [3.63, 3.8) is 0 Å². The Balaban J connectivity index is 2.39. The number of amides is 3. The molecule has 2 aliphatic rings. The van der Waals surface area contributed by atoms with Crippen molar-refractivity contribution >= 4 is 17.7 Å². The van der Waals surface area contributed by atoms with Gasteiger partial charge in [0.1, 0.15) is 6.23 Å². The highest BCUT2D eigenvalue weighted by atomic mass is 16.5. The van der Waals surface area contributed by atoms with E-state index in [4.69, 9.17) is 4.74 Å². The summed E-state index contributed by atoms with van der Waals surface area (Å²) in [5, 5.41) is 0. The van der Waals surface area contributed by atoms with E-state index in [1.54, 1.807) is 52.0 Å². The molecular formula is C20H26N2O4. The fraction of sp³-hybridized carbons (Fsp3) is 0.450. The Hall–Kier alpha value is -2.47. The van der Waals surface area contributed by atoms with Crippen molar-refractivity contribution in [3.8, 4) is 0 Å². The fourth-order valence-electron chi connectivity index (χ4n) is 3.31. The molecule has 2 atom stereocenters. The topological polar surface area (TPSA) is 66.9 Å². The van der Waals surface area contributed by atoms with Crippen LogP contribution in [0.1, 0.15) is 27.7 Å². The molecule has 0 saturated heterocycles. The van der Waals surface area contributed by atoms with E-state index in [9.17, 15) is 14.4 Å². The van der Waals surface area contributed by atoms with Gasteiger partial charge in [0.2, 0.25) is 0 Å². The Kier molecular flexibility index (Phi) is 5.66. The molecule has 0 N–H and O–H groups in total. The molecule has 6 nitrogen and oxygen atoms in total. The maximum absolute atomic E-state index is 12.4. The molecule has 0 fully saturated rings. The second-order valence-corrected chi connectivity index (χ2v) is 6.76. The number of hydrogen-bond acceptors (Lipinski definition) is 4. The van der Waals surface area contributed by atoms with Gasteiger partial charge in [0.05, 0.1) is 0 Å². The molecule has 0 spiro atoms. The molecular weight excluding hydrogens is 332 g/mol. The smallest absolute Gasteiger partial charge is 0.260 e. The van der Waals surface area contributed by atoms with Crippen LogP contribution in [0.5, 0.6) is 0 Å². The van der Waals surface area contributed by atoms with E-state index >= 15 is 0 Å². The molecule has 2 unspecified atom stereocenters. The number of likely N-dealkylation sites (N-methyl/N-ethyl adjacent to an activating group) is 2. The van der Waals surface area contributed by atoms with Gasteiger partial charge in [-0.1, -0.05) is 17.7 Å². The number of methoxy groups -OCH3 is 1. The van der Waals surface area contributed by atoms with Crippen molar-refractivity contribution in [2.45, 2.75) is 33.9 Å². The number of carbonyl (C=O) groups is 3. The molecule has 0 radical (unpaired) electrons. The van der Waals surface area contributed by atoms with Crippen molar-refractivity contribution in [3.05, 3.63) is 46.1 Å². The lowest BCUT2D eigenvalue weighted by Crippen LogP contribution is -2.47. The molecule has 26 heavy (non-hydrogen) atoms. The minimum Gasteiger partial charge on any atom is -0.361 e. The lowest BCUT2D eigenvalue weighted by molar-refractivity contribution is -0.141. The van der Waals surface area contributed by atoms with Gasteiger partial charge in [-0.2, -0.15) is 0 Å². The normalized spacial score (nSPS) is 26.9. The van der Waals surface area contributed by atoms with E-state index in [1.165, 1.54) is 7.05 Å². The minimum atomic E-state index is -0.398. The van der Waals surface area contributed by atoms with Crippen LogP contribution < -0.4 is 0 Å². The Labute approximate surface area is 154 Å². The molecule has 0 bridgehead atoms. The number of allylic oxidation sites excluding steroid dienone is 2. The molecule has 3 amide bonds. The van der Waals surface area contributed by atoms with Crippen LogP contribution in [0.15, 0.2) is 46.1 Å². The third kappa shape index (κ3) is 3.17. The monoisotopic (exact) mass is 358 g/mol. The van der Waals surface area contributed by atoms with Crippen LogP contribution in [-0.2, 0) is 19.1 Å². The van der Waals surface area contributed by atoms with Crippen LogP contribution in [0.25, 0.3) is 0 Å². The Morgan fingerprint density at radius 1 is 0.885 bits per heavy atom. The average Bonchev–Trinajstić information content (AvgIpc) is 2.63. The molecule has 0 saturated carbocycles. The van der Waals surface area contributed by atoms with E-state index in [2.05, 4.69) is 0 Å². The van der Waals surface area contributed by atoms with Gasteiger partial charge >= 0.3 is 0 Å². The third-order valence-electron chi connectivity index (χ3n) is 5.37. The number of nitrogens with zero attached hydrogens (tertiary/aromatic N) is 2. The molecule has 2 rings (SSSR count). The van der Waals surface area contributed by atoms with Crippen molar-refractivity contribution in [1.29, 1.82) is 0 Å². The van der Waals surface area contributed by atoms with Crippen LogP contribution in [0.3, 0.4) is 0 Å². The molecule has 0 aliphatic carbocycles. The highest BCUT2D eigenvalue weighted by molar-refractivity contribution is 6.16. The first-order valence-electron chi connectivity index (χ1n) is 8.49. The molecule has 2 heterocycles. The number of carbonyl (C=O) groups excluding carboxylic acids is 3. The summed E-state index contributed by atoms with van der Waals surface area (Å²) in [6.45, 7) is 7.22. The van der Waals surface area contributed by atoms with Gasteiger partial charge in [0.15, 0.2) is 0 Å². The lowest BCUT2D eigenvalue weighted by atomic mass is 9.88. The molecule has 6 heteroatoms. The SMILES string of the molecule is COC1C(/C=C/C=C2C(=O)N(C)C(=O)C(C)=C2C)C(C)=C(C)C(=O)N1C. The molecule has 140 valence electrons. The van der Waals surface area contributed by atoms with Gasteiger partial charge in [-0.25, -0.2) is 0 Å². The minimum absolute atomic E-state index is 0.0469. The van der Waals surface area contributed by atoms with E-state index in [0.717, 1.165) is 10.5 Å². The van der Waals surface area contributed by atoms with Crippen LogP contribution >= 0.6 is 0 Å². The highest BCUT2D eigenvalue weighted by Crippen LogP contribution is 2.31. The Morgan fingerprint density at radius 2 is 1.50 bits per heavy atom. The maximum atomic E-state index is 12.4. The van der Waals surface area contributed by atoms with Gasteiger partial charge in [-0.05, 0) is 39.3 Å². The summed E-state index contributed by atoms with van der Waals surface area (Å²) in [7, 11) is 4.77. The Bertz CT molecular complexity index is 786. The number of hydrogen-bond donors (Lipinski definition) is 0. The van der Waals surface area contributed by atoms with Gasteiger partial charge in [0, 0.05) is 43.8 Å². The summed E-state index contributed by atoms with van der Waals surface area (Å²) in [6.07, 6.45) is 5.04. The highest BCUT2D eigenvalue weighted by Gasteiger charge is 2.35. The summed E-state index contributed by atoms with van der Waals surface area (Å²) in [4.78, 5) is 39.3. The van der Waals surface area contributed by atoms with Crippen LogP contribution in [0.4, 0.5) is 0 Å². The maximum Gasteiger partial charge on any atom is 0.260 e. The first kappa shape index (κ1) is 19.8. The fourth-order valence-corrected chi connectivity index (χ4v) is 3.31. The average molecular weight is 358 g/mol. The summed E-state index contributed by atoms with van der Waals surface area (Å²) < 4.78 is 5.51. The molecule has 2 aliphatic heterocycles. The van der Waals surface area contributed by atoms with Gasteiger partial charge < -0.3 is 9.64 Å². The zero-order chi connectivity index (χ0) is 19.8. The van der Waals surface area contributed by atoms with Crippen molar-refractivity contribution < 1.29 is 19.1 Å². The van der Waals surface area contributed by atoms with Crippen LogP contribution in [-0.4, -0.2) is 55.0 Å². The van der Waals surface area contributed by atoms with Crippen LogP contribution in [0, 0.1) is 5.92 Å². The quantitative estimate of drug-likeness (QED) is 0.573. The molecule has 0 aromatic rings.